The van der Waals surface area contributed by atoms with Gasteiger partial charge in [-0.25, -0.2) is 0 Å². The van der Waals surface area contributed by atoms with E-state index >= 15 is 0 Å². The molecule has 4 nitrogen and oxygen atoms in total. The molecule has 0 aliphatic carbocycles. The van der Waals surface area contributed by atoms with E-state index in [9.17, 15) is 4.79 Å². The van der Waals surface area contributed by atoms with Crippen LogP contribution in [0.5, 0.6) is 0 Å². The van der Waals surface area contributed by atoms with Gasteiger partial charge < -0.3 is 5.32 Å². The average molecular weight is 297 g/mol. The molecule has 0 fully saturated rings. The number of hydrogen-bond donors (Lipinski definition) is 1. The standard InChI is InChI=1S/C18H23N3O/c1-4-21-13-16(12-20-21)11-19-18(22)10-7-15-5-8-17(9-6-15)14(2)3/h5-10,12-14H,4,11H2,1-3H3,(H,19,22)/b10-7+. The van der Waals surface area contributed by atoms with E-state index in [1.807, 2.05) is 36.0 Å². The fourth-order valence-electron chi connectivity index (χ4n) is 2.08. The minimum absolute atomic E-state index is 0.0998. The van der Waals surface area contributed by atoms with Crippen molar-refractivity contribution in [3.8, 4) is 0 Å². The quantitative estimate of drug-likeness (QED) is 0.831. The van der Waals surface area contributed by atoms with E-state index in [4.69, 9.17) is 0 Å². The van der Waals surface area contributed by atoms with E-state index in [0.717, 1.165) is 17.7 Å². The summed E-state index contributed by atoms with van der Waals surface area (Å²) in [4.78, 5) is 11.8. The van der Waals surface area contributed by atoms with Crippen molar-refractivity contribution in [3.63, 3.8) is 0 Å². The molecule has 2 aromatic rings. The number of carbonyl (C=O) groups excluding carboxylic acids is 1. The Hall–Kier alpha value is -2.36. The lowest BCUT2D eigenvalue weighted by Gasteiger charge is -2.04. The lowest BCUT2D eigenvalue weighted by molar-refractivity contribution is -0.116. The highest BCUT2D eigenvalue weighted by Crippen LogP contribution is 2.15. The van der Waals surface area contributed by atoms with Crippen molar-refractivity contribution in [1.29, 1.82) is 0 Å². The van der Waals surface area contributed by atoms with E-state index in [2.05, 4.69) is 36.4 Å². The zero-order valence-corrected chi connectivity index (χ0v) is 13.4. The molecule has 1 N–H and O–H groups in total. The second kappa shape index (κ2) is 7.59. The average Bonchev–Trinajstić information content (AvgIpc) is 2.99. The van der Waals surface area contributed by atoms with Crippen LogP contribution in [0.3, 0.4) is 0 Å². The van der Waals surface area contributed by atoms with Gasteiger partial charge in [0.25, 0.3) is 0 Å². The molecule has 0 aliphatic rings. The van der Waals surface area contributed by atoms with Crippen molar-refractivity contribution in [2.75, 3.05) is 0 Å². The van der Waals surface area contributed by atoms with Crippen LogP contribution in [-0.4, -0.2) is 15.7 Å². The van der Waals surface area contributed by atoms with E-state index < -0.39 is 0 Å². The number of nitrogens with zero attached hydrogens (tertiary/aromatic N) is 2. The van der Waals surface area contributed by atoms with Crippen LogP contribution in [0.4, 0.5) is 0 Å². The number of benzene rings is 1. The monoisotopic (exact) mass is 297 g/mol. The molecule has 0 saturated carbocycles. The Bertz CT molecular complexity index is 639. The SMILES string of the molecule is CCn1cc(CNC(=O)/C=C/c2ccc(C(C)C)cc2)cn1. The van der Waals surface area contributed by atoms with Gasteiger partial charge in [-0.1, -0.05) is 38.1 Å². The minimum Gasteiger partial charge on any atom is -0.348 e. The number of aryl methyl sites for hydroxylation is 1. The summed E-state index contributed by atoms with van der Waals surface area (Å²) in [5.74, 6) is 0.419. The lowest BCUT2D eigenvalue weighted by atomic mass is 10.0. The van der Waals surface area contributed by atoms with Gasteiger partial charge in [-0.05, 0) is 30.0 Å². The van der Waals surface area contributed by atoms with E-state index in [1.165, 1.54) is 5.56 Å². The number of hydrogen-bond acceptors (Lipinski definition) is 2. The Balaban J connectivity index is 1.85. The molecule has 0 saturated heterocycles. The Morgan fingerprint density at radius 2 is 2.05 bits per heavy atom. The maximum absolute atomic E-state index is 11.8. The molecule has 22 heavy (non-hydrogen) atoms. The van der Waals surface area contributed by atoms with Crippen LogP contribution >= 0.6 is 0 Å². The molecule has 1 heterocycles. The molecule has 2 rings (SSSR count). The van der Waals surface area contributed by atoms with Crippen molar-refractivity contribution in [2.24, 2.45) is 0 Å². The first kappa shape index (κ1) is 16.0. The molecule has 0 atom stereocenters. The van der Waals surface area contributed by atoms with E-state index in [1.54, 1.807) is 12.3 Å². The summed E-state index contributed by atoms with van der Waals surface area (Å²) >= 11 is 0. The first-order valence-electron chi connectivity index (χ1n) is 7.65. The van der Waals surface area contributed by atoms with Crippen molar-refractivity contribution < 1.29 is 4.79 Å². The number of carbonyl (C=O) groups is 1. The number of rotatable bonds is 6. The van der Waals surface area contributed by atoms with Gasteiger partial charge in [-0.3, -0.25) is 9.48 Å². The van der Waals surface area contributed by atoms with Gasteiger partial charge in [0.15, 0.2) is 0 Å². The van der Waals surface area contributed by atoms with Crippen molar-refractivity contribution >= 4 is 12.0 Å². The summed E-state index contributed by atoms with van der Waals surface area (Å²) in [6.07, 6.45) is 7.11. The second-order valence-corrected chi connectivity index (χ2v) is 5.58. The molecule has 0 aliphatic heterocycles. The molecule has 0 unspecified atom stereocenters. The van der Waals surface area contributed by atoms with Gasteiger partial charge >= 0.3 is 0 Å². The van der Waals surface area contributed by atoms with Crippen LogP contribution in [0.2, 0.25) is 0 Å². The topological polar surface area (TPSA) is 46.9 Å². The molecule has 0 spiro atoms. The van der Waals surface area contributed by atoms with Gasteiger partial charge in [-0.2, -0.15) is 5.10 Å². The zero-order chi connectivity index (χ0) is 15.9. The summed E-state index contributed by atoms with van der Waals surface area (Å²) < 4.78 is 1.84. The second-order valence-electron chi connectivity index (χ2n) is 5.58. The highest BCUT2D eigenvalue weighted by molar-refractivity contribution is 5.91. The predicted octanol–water partition coefficient (Wildman–Crippen LogP) is 3.36. The van der Waals surface area contributed by atoms with E-state index in [0.29, 0.717) is 12.5 Å². The molecule has 1 amide bonds. The molecule has 0 radical (unpaired) electrons. The summed E-state index contributed by atoms with van der Waals surface area (Å²) in [7, 11) is 0. The van der Waals surface area contributed by atoms with Gasteiger partial charge in [0.2, 0.25) is 5.91 Å². The maximum atomic E-state index is 11.8. The first-order chi connectivity index (χ1) is 10.6. The van der Waals surface area contributed by atoms with Crippen LogP contribution in [0.25, 0.3) is 6.08 Å². The number of nitrogens with one attached hydrogen (secondary N) is 1. The third-order valence-electron chi connectivity index (χ3n) is 3.51. The first-order valence-corrected chi connectivity index (χ1v) is 7.65. The van der Waals surface area contributed by atoms with Gasteiger partial charge in [0, 0.05) is 30.9 Å². The molecule has 1 aromatic carbocycles. The predicted molar refractivity (Wildman–Crippen MR) is 89.3 cm³/mol. The smallest absolute Gasteiger partial charge is 0.244 e. The van der Waals surface area contributed by atoms with Crippen molar-refractivity contribution in [3.05, 3.63) is 59.4 Å². The Morgan fingerprint density at radius 1 is 1.32 bits per heavy atom. The minimum atomic E-state index is -0.0998. The third-order valence-corrected chi connectivity index (χ3v) is 3.51. The normalized spacial score (nSPS) is 11.3. The third kappa shape index (κ3) is 4.58. The molecular weight excluding hydrogens is 274 g/mol. The molecule has 116 valence electrons. The molecule has 0 bridgehead atoms. The highest BCUT2D eigenvalue weighted by Gasteiger charge is 2.00. The fraction of sp³-hybridized carbons (Fsp3) is 0.333. The summed E-state index contributed by atoms with van der Waals surface area (Å²) in [6, 6.07) is 8.26. The Labute approximate surface area is 131 Å². The molecular formula is C18H23N3O. The molecule has 4 heteroatoms. The van der Waals surface area contributed by atoms with Crippen LogP contribution < -0.4 is 5.32 Å². The Kier molecular flexibility index (Phi) is 5.53. The van der Waals surface area contributed by atoms with E-state index in [-0.39, 0.29) is 5.91 Å². The lowest BCUT2D eigenvalue weighted by Crippen LogP contribution is -2.19. The molecule has 1 aromatic heterocycles. The van der Waals surface area contributed by atoms with Crippen LogP contribution in [0.1, 0.15) is 43.4 Å². The van der Waals surface area contributed by atoms with Crippen LogP contribution in [0.15, 0.2) is 42.7 Å². The fourth-order valence-corrected chi connectivity index (χ4v) is 2.08. The number of amides is 1. The Morgan fingerprint density at radius 3 is 2.64 bits per heavy atom. The van der Waals surface area contributed by atoms with Crippen molar-refractivity contribution in [1.82, 2.24) is 15.1 Å². The van der Waals surface area contributed by atoms with Crippen LogP contribution in [0, 0.1) is 0 Å². The largest absolute Gasteiger partial charge is 0.348 e. The van der Waals surface area contributed by atoms with Gasteiger partial charge in [-0.15, -0.1) is 0 Å². The van der Waals surface area contributed by atoms with Gasteiger partial charge in [0.05, 0.1) is 6.20 Å². The summed E-state index contributed by atoms with van der Waals surface area (Å²) in [6.45, 7) is 7.69. The summed E-state index contributed by atoms with van der Waals surface area (Å²) in [5.41, 5.74) is 3.33. The van der Waals surface area contributed by atoms with Gasteiger partial charge in [0.1, 0.15) is 0 Å². The van der Waals surface area contributed by atoms with Crippen molar-refractivity contribution in [2.45, 2.75) is 39.8 Å². The number of aromatic nitrogens is 2. The highest BCUT2D eigenvalue weighted by atomic mass is 16.1. The maximum Gasteiger partial charge on any atom is 0.244 e. The zero-order valence-electron chi connectivity index (χ0n) is 13.4. The summed E-state index contributed by atoms with van der Waals surface area (Å²) in [5, 5.41) is 7.03. The van der Waals surface area contributed by atoms with Crippen LogP contribution in [-0.2, 0) is 17.9 Å².